The summed E-state index contributed by atoms with van der Waals surface area (Å²) in [5.41, 5.74) is 0. The molecule has 0 radical (unpaired) electrons. The largest absolute Gasteiger partial charge is 0.423 e. The zero-order chi connectivity index (χ0) is 17.0. The van der Waals surface area contributed by atoms with E-state index in [2.05, 4.69) is 156 Å². The summed E-state index contributed by atoms with van der Waals surface area (Å²) >= 11 is 7.71. The van der Waals surface area contributed by atoms with Crippen LogP contribution in [-0.2, 0) is 4.12 Å². The number of benzene rings is 3. The Morgan fingerprint density at radius 3 is 1.21 bits per heavy atom. The molecule has 3 aromatic carbocycles. The van der Waals surface area contributed by atoms with E-state index in [4.69, 9.17) is 4.12 Å². The molecule has 122 valence electrons. The van der Waals surface area contributed by atoms with Crippen molar-refractivity contribution in [1.29, 1.82) is 0 Å². The monoisotopic (exact) mass is 684 g/mol. The molecule has 0 saturated carbocycles. The summed E-state index contributed by atoms with van der Waals surface area (Å²) in [7, 11) is 0. The highest BCUT2D eigenvalue weighted by Gasteiger charge is 2.45. The molecule has 24 heavy (non-hydrogen) atoms. The van der Waals surface area contributed by atoms with E-state index in [1.165, 1.54) is 15.6 Å². The smallest absolute Gasteiger partial charge is 0.349 e. The van der Waals surface area contributed by atoms with E-state index < -0.39 is 9.12 Å². The molecule has 0 spiro atoms. The van der Waals surface area contributed by atoms with Crippen LogP contribution >= 0.6 is 65.4 Å². The van der Waals surface area contributed by atoms with Crippen molar-refractivity contribution in [1.82, 2.24) is 0 Å². The first-order valence-corrected chi connectivity index (χ1v) is 20.6. The summed E-state index contributed by atoms with van der Waals surface area (Å²) in [5, 5.41) is 3.92. The average Bonchev–Trinajstić information content (AvgIpc) is 2.63. The van der Waals surface area contributed by atoms with Crippen LogP contribution in [0.25, 0.3) is 0 Å². The van der Waals surface area contributed by atoms with E-state index in [0.717, 1.165) is 0 Å². The van der Waals surface area contributed by atoms with Gasteiger partial charge in [0.2, 0.25) is 0 Å². The minimum atomic E-state index is -2.30. The Labute approximate surface area is 183 Å². The molecule has 0 unspecified atom stereocenters. The molecular weight excluding hydrogens is 669 g/mol. The minimum absolute atomic E-state index is 1.30. The van der Waals surface area contributed by atoms with Gasteiger partial charge in [-0.15, -0.1) is 0 Å². The van der Waals surface area contributed by atoms with Crippen molar-refractivity contribution in [2.45, 2.75) is 0 Å². The third-order valence-corrected chi connectivity index (χ3v) is 22.4. The molecule has 0 aliphatic heterocycles. The summed E-state index contributed by atoms with van der Waals surface area (Å²) in [6.45, 7) is 0. The zero-order valence-electron chi connectivity index (χ0n) is 12.7. The van der Waals surface area contributed by atoms with E-state index in [1.54, 1.807) is 0 Å². The molecule has 6 heteroatoms. The molecule has 1 nitrogen and oxygen atoms in total. The van der Waals surface area contributed by atoms with E-state index in [9.17, 15) is 0 Å². The van der Waals surface area contributed by atoms with Crippen molar-refractivity contribution in [2.75, 3.05) is 0 Å². The third-order valence-electron chi connectivity index (χ3n) is 3.67. The molecule has 0 aliphatic rings. The first kappa shape index (κ1) is 19.0. The number of hydrogen-bond donors (Lipinski definition) is 0. The normalized spacial score (nSPS) is 12.1. The molecule has 0 saturated heterocycles. The SMILES string of the molecule is I[Si](I)(O[Si](I)(c1ccccc1)c1ccccc1)c1ccccc1. The maximum Gasteiger partial charge on any atom is 0.349 e. The van der Waals surface area contributed by atoms with Crippen LogP contribution < -0.4 is 15.6 Å². The maximum atomic E-state index is 7.02. The van der Waals surface area contributed by atoms with E-state index in [-0.39, 0.29) is 0 Å². The lowest BCUT2D eigenvalue weighted by atomic mass is 10.4. The number of hydrogen-bond acceptors (Lipinski definition) is 1. The van der Waals surface area contributed by atoms with Gasteiger partial charge in [-0.25, -0.2) is 0 Å². The van der Waals surface area contributed by atoms with Gasteiger partial charge < -0.3 is 4.12 Å². The van der Waals surface area contributed by atoms with Gasteiger partial charge in [0.05, 0.1) is 0 Å². The number of halogens is 3. The Morgan fingerprint density at radius 2 is 0.833 bits per heavy atom. The molecule has 0 N–H and O–H groups in total. The van der Waals surface area contributed by atoms with Crippen molar-refractivity contribution in [3.63, 3.8) is 0 Å². The molecule has 0 atom stereocenters. The predicted molar refractivity (Wildman–Crippen MR) is 133 cm³/mol. The van der Waals surface area contributed by atoms with Crippen LogP contribution in [0.3, 0.4) is 0 Å². The lowest BCUT2D eigenvalue weighted by Gasteiger charge is -2.33. The molecule has 0 fully saturated rings. The summed E-state index contributed by atoms with van der Waals surface area (Å²) < 4.78 is 4.94. The topological polar surface area (TPSA) is 9.23 Å². The van der Waals surface area contributed by atoms with Crippen LogP contribution in [0, 0.1) is 0 Å². The molecule has 0 heterocycles. The van der Waals surface area contributed by atoms with Crippen molar-refractivity contribution in [3.05, 3.63) is 91.0 Å². The van der Waals surface area contributed by atoms with Gasteiger partial charge in [0, 0.05) is 0 Å². The Kier molecular flexibility index (Phi) is 6.57. The standard InChI is InChI=1S/C18H15I3OSi2/c19-23(16-10-4-1-5-11-16,17-12-6-2-7-13-17)22-24(20,21)18-14-8-3-9-15-18/h1-15H. The van der Waals surface area contributed by atoms with Crippen molar-refractivity contribution in [3.8, 4) is 0 Å². The lowest BCUT2D eigenvalue weighted by molar-refractivity contribution is 0.638. The highest BCUT2D eigenvalue weighted by Crippen LogP contribution is 2.30. The van der Waals surface area contributed by atoms with Crippen LogP contribution in [0.1, 0.15) is 0 Å². The molecule has 0 aromatic heterocycles. The quantitative estimate of drug-likeness (QED) is 0.220. The van der Waals surface area contributed by atoms with E-state index in [1.807, 2.05) is 0 Å². The second kappa shape index (κ2) is 8.29. The van der Waals surface area contributed by atoms with Crippen molar-refractivity contribution in [2.24, 2.45) is 0 Å². The van der Waals surface area contributed by atoms with Gasteiger partial charge >= 0.3 is 9.12 Å². The Bertz CT molecular complexity index is 744. The summed E-state index contributed by atoms with van der Waals surface area (Å²) in [4.78, 5) is 0. The summed E-state index contributed by atoms with van der Waals surface area (Å²) in [6, 6.07) is 32.0. The molecule has 0 amide bonds. The second-order valence-electron chi connectivity index (χ2n) is 5.31. The number of rotatable bonds is 5. The first-order chi connectivity index (χ1) is 11.5. The Morgan fingerprint density at radius 1 is 0.500 bits per heavy atom. The zero-order valence-corrected chi connectivity index (χ0v) is 21.2. The third kappa shape index (κ3) is 4.31. The summed E-state index contributed by atoms with van der Waals surface area (Å²) in [5.74, 6) is -2.30. The predicted octanol–water partition coefficient (Wildman–Crippen LogP) is 4.41. The van der Waals surface area contributed by atoms with E-state index in [0.29, 0.717) is 0 Å². The fourth-order valence-corrected chi connectivity index (χ4v) is 28.3. The summed E-state index contributed by atoms with van der Waals surface area (Å²) in [6.07, 6.45) is 0. The van der Waals surface area contributed by atoms with Gasteiger partial charge in [-0.05, 0) is 15.6 Å². The van der Waals surface area contributed by atoms with Crippen LogP contribution in [0.2, 0.25) is 0 Å². The van der Waals surface area contributed by atoms with Crippen molar-refractivity contribution < 1.29 is 4.12 Å². The molecule has 0 bridgehead atoms. The minimum Gasteiger partial charge on any atom is -0.423 e. The fraction of sp³-hybridized carbons (Fsp3) is 0. The van der Waals surface area contributed by atoms with E-state index >= 15 is 0 Å². The maximum absolute atomic E-state index is 7.02. The van der Waals surface area contributed by atoms with Crippen LogP contribution in [0.5, 0.6) is 0 Å². The Hall–Kier alpha value is 0.244. The molecular formula is C18H15I3OSi2. The average molecular weight is 684 g/mol. The molecule has 3 rings (SSSR count). The lowest BCUT2D eigenvalue weighted by Crippen LogP contribution is -2.61. The highest BCUT2D eigenvalue weighted by molar-refractivity contribution is 14.3. The van der Waals surface area contributed by atoms with Crippen LogP contribution in [0.4, 0.5) is 0 Å². The van der Waals surface area contributed by atoms with Crippen LogP contribution in [-0.4, -0.2) is 9.12 Å². The van der Waals surface area contributed by atoms with Crippen molar-refractivity contribution >= 4 is 90.1 Å². The van der Waals surface area contributed by atoms with Gasteiger partial charge in [0.15, 0.2) is 0 Å². The fourth-order valence-electron chi connectivity index (χ4n) is 2.46. The first-order valence-electron chi connectivity index (χ1n) is 7.46. The molecule has 3 aromatic rings. The molecule has 0 aliphatic carbocycles. The van der Waals surface area contributed by atoms with Crippen LogP contribution in [0.15, 0.2) is 91.0 Å². The second-order valence-corrected chi connectivity index (χ2v) is 29.9. The highest BCUT2D eigenvalue weighted by atomic mass is 127. The van der Waals surface area contributed by atoms with Gasteiger partial charge in [0.25, 0.3) is 0 Å². The van der Waals surface area contributed by atoms with Gasteiger partial charge in [-0.2, -0.15) is 0 Å². The van der Waals surface area contributed by atoms with Gasteiger partial charge in [-0.1, -0.05) is 156 Å². The Balaban J connectivity index is 2.06. The van der Waals surface area contributed by atoms with Gasteiger partial charge in [-0.3, -0.25) is 0 Å². The van der Waals surface area contributed by atoms with Gasteiger partial charge in [0.1, 0.15) is 0 Å².